The van der Waals surface area contributed by atoms with Crippen LogP contribution in [0.25, 0.3) is 10.9 Å². The van der Waals surface area contributed by atoms with Crippen molar-refractivity contribution in [1.82, 2.24) is 14.9 Å². The van der Waals surface area contributed by atoms with Crippen molar-refractivity contribution in [2.75, 3.05) is 12.8 Å². The SMILES string of the molecule is CNC(=O)CSc1nc2cc(Cl)ccc2c(=O)n1CCC(C)C. The molecule has 23 heavy (non-hydrogen) atoms. The third kappa shape index (κ3) is 4.48. The molecule has 1 heterocycles. The first-order chi connectivity index (χ1) is 10.9. The molecule has 0 radical (unpaired) electrons. The highest BCUT2D eigenvalue weighted by Crippen LogP contribution is 2.21. The van der Waals surface area contributed by atoms with E-state index in [1.165, 1.54) is 11.8 Å². The molecule has 0 aliphatic heterocycles. The van der Waals surface area contributed by atoms with Crippen LogP contribution in [0.3, 0.4) is 0 Å². The normalized spacial score (nSPS) is 11.2. The van der Waals surface area contributed by atoms with Crippen LogP contribution in [0.2, 0.25) is 5.02 Å². The van der Waals surface area contributed by atoms with Crippen LogP contribution in [0, 0.1) is 5.92 Å². The number of carbonyl (C=O) groups excluding carboxylic acids is 1. The van der Waals surface area contributed by atoms with Gasteiger partial charge in [0.25, 0.3) is 5.56 Å². The molecule has 0 atom stereocenters. The minimum atomic E-state index is -0.106. The van der Waals surface area contributed by atoms with E-state index in [2.05, 4.69) is 24.1 Å². The van der Waals surface area contributed by atoms with Crippen molar-refractivity contribution in [3.63, 3.8) is 0 Å². The monoisotopic (exact) mass is 353 g/mol. The Kier molecular flexibility index (Phi) is 6.07. The van der Waals surface area contributed by atoms with Crippen molar-refractivity contribution in [3.05, 3.63) is 33.6 Å². The van der Waals surface area contributed by atoms with Gasteiger partial charge in [-0.15, -0.1) is 0 Å². The molecule has 2 rings (SSSR count). The molecule has 2 aromatic rings. The Morgan fingerprint density at radius 3 is 2.83 bits per heavy atom. The number of hydrogen-bond donors (Lipinski definition) is 1. The fourth-order valence-corrected chi connectivity index (χ4v) is 3.13. The molecule has 1 aromatic carbocycles. The summed E-state index contributed by atoms with van der Waals surface area (Å²) in [5, 5.41) is 4.20. The maximum Gasteiger partial charge on any atom is 0.262 e. The molecule has 1 aromatic heterocycles. The molecule has 0 spiro atoms. The van der Waals surface area contributed by atoms with Gasteiger partial charge in [0.15, 0.2) is 5.16 Å². The second-order valence-corrected chi connectivity index (χ2v) is 7.04. The summed E-state index contributed by atoms with van der Waals surface area (Å²) in [7, 11) is 1.59. The van der Waals surface area contributed by atoms with E-state index in [-0.39, 0.29) is 17.2 Å². The lowest BCUT2D eigenvalue weighted by Crippen LogP contribution is -2.25. The third-order valence-electron chi connectivity index (χ3n) is 3.42. The van der Waals surface area contributed by atoms with Gasteiger partial charge in [-0.3, -0.25) is 14.2 Å². The Morgan fingerprint density at radius 1 is 1.43 bits per heavy atom. The quantitative estimate of drug-likeness (QED) is 0.640. The van der Waals surface area contributed by atoms with Gasteiger partial charge < -0.3 is 5.32 Å². The zero-order valence-corrected chi connectivity index (χ0v) is 15.0. The zero-order valence-electron chi connectivity index (χ0n) is 13.4. The number of amides is 1. The number of halogens is 1. The van der Waals surface area contributed by atoms with Gasteiger partial charge in [0.05, 0.1) is 16.7 Å². The Morgan fingerprint density at radius 2 is 2.17 bits per heavy atom. The molecule has 0 saturated carbocycles. The maximum absolute atomic E-state index is 12.8. The number of hydrogen-bond acceptors (Lipinski definition) is 4. The number of aromatic nitrogens is 2. The van der Waals surface area contributed by atoms with E-state index in [1.54, 1.807) is 29.8 Å². The lowest BCUT2D eigenvalue weighted by atomic mass is 10.1. The van der Waals surface area contributed by atoms with Gasteiger partial charge in [-0.2, -0.15) is 0 Å². The van der Waals surface area contributed by atoms with Crippen molar-refractivity contribution in [1.29, 1.82) is 0 Å². The topological polar surface area (TPSA) is 64.0 Å². The average Bonchev–Trinajstić information content (AvgIpc) is 2.51. The first-order valence-corrected chi connectivity index (χ1v) is 8.82. The summed E-state index contributed by atoms with van der Waals surface area (Å²) in [6.45, 7) is 4.80. The van der Waals surface area contributed by atoms with Crippen molar-refractivity contribution in [2.45, 2.75) is 32.0 Å². The molecule has 0 saturated heterocycles. The minimum Gasteiger partial charge on any atom is -0.358 e. The number of rotatable bonds is 6. The molecule has 1 N–H and O–H groups in total. The minimum absolute atomic E-state index is 0.0910. The molecule has 124 valence electrons. The summed E-state index contributed by atoms with van der Waals surface area (Å²) in [5.74, 6) is 0.585. The van der Waals surface area contributed by atoms with E-state index in [9.17, 15) is 9.59 Å². The second kappa shape index (κ2) is 7.84. The fraction of sp³-hybridized carbons (Fsp3) is 0.438. The van der Waals surface area contributed by atoms with Crippen molar-refractivity contribution >= 4 is 40.2 Å². The number of thioether (sulfide) groups is 1. The van der Waals surface area contributed by atoms with Gasteiger partial charge >= 0.3 is 0 Å². The fourth-order valence-electron chi connectivity index (χ4n) is 2.07. The van der Waals surface area contributed by atoms with Crippen LogP contribution < -0.4 is 10.9 Å². The second-order valence-electron chi connectivity index (χ2n) is 5.66. The molecule has 1 amide bonds. The van der Waals surface area contributed by atoms with Crippen LogP contribution in [0.5, 0.6) is 0 Å². The molecule has 0 fully saturated rings. The van der Waals surface area contributed by atoms with Gasteiger partial charge in [-0.05, 0) is 30.5 Å². The maximum atomic E-state index is 12.8. The smallest absolute Gasteiger partial charge is 0.262 e. The molecular formula is C16H20ClN3O2S. The Labute approximate surface area is 144 Å². The van der Waals surface area contributed by atoms with Crippen molar-refractivity contribution in [3.8, 4) is 0 Å². The van der Waals surface area contributed by atoms with Crippen LogP contribution in [-0.2, 0) is 11.3 Å². The molecule has 7 heteroatoms. The summed E-state index contributed by atoms with van der Waals surface area (Å²) < 4.78 is 1.66. The number of fused-ring (bicyclic) bond motifs is 1. The van der Waals surface area contributed by atoms with E-state index in [4.69, 9.17) is 11.6 Å². The highest BCUT2D eigenvalue weighted by Gasteiger charge is 2.13. The summed E-state index contributed by atoms with van der Waals surface area (Å²) in [5.41, 5.74) is 0.467. The highest BCUT2D eigenvalue weighted by molar-refractivity contribution is 7.99. The zero-order chi connectivity index (χ0) is 17.0. The van der Waals surface area contributed by atoms with Gasteiger partial charge in [0.1, 0.15) is 0 Å². The number of carbonyl (C=O) groups is 1. The largest absolute Gasteiger partial charge is 0.358 e. The predicted octanol–water partition coefficient (Wildman–Crippen LogP) is 2.93. The lowest BCUT2D eigenvalue weighted by Gasteiger charge is -2.14. The molecule has 0 bridgehead atoms. The first kappa shape index (κ1) is 17.8. The summed E-state index contributed by atoms with van der Waals surface area (Å²) in [6, 6.07) is 5.07. The first-order valence-electron chi connectivity index (χ1n) is 7.46. The van der Waals surface area contributed by atoms with Crippen LogP contribution in [-0.4, -0.2) is 28.3 Å². The standard InChI is InChI=1S/C16H20ClN3O2S/c1-10(2)6-7-20-15(22)12-5-4-11(17)8-13(12)19-16(20)23-9-14(21)18-3/h4-5,8,10H,6-7,9H2,1-3H3,(H,18,21). The van der Waals surface area contributed by atoms with E-state index in [1.807, 2.05) is 0 Å². The molecule has 0 aliphatic rings. The summed E-state index contributed by atoms with van der Waals surface area (Å²) in [4.78, 5) is 28.8. The number of benzene rings is 1. The molecule has 5 nitrogen and oxygen atoms in total. The summed E-state index contributed by atoms with van der Waals surface area (Å²) in [6.07, 6.45) is 0.869. The van der Waals surface area contributed by atoms with Crippen molar-refractivity contribution < 1.29 is 4.79 Å². The molecule has 0 aliphatic carbocycles. The van der Waals surface area contributed by atoms with E-state index in [0.717, 1.165) is 6.42 Å². The van der Waals surface area contributed by atoms with Crippen LogP contribution >= 0.6 is 23.4 Å². The molecular weight excluding hydrogens is 334 g/mol. The van der Waals surface area contributed by atoms with E-state index < -0.39 is 0 Å². The van der Waals surface area contributed by atoms with E-state index >= 15 is 0 Å². The van der Waals surface area contributed by atoms with Gasteiger partial charge in [0, 0.05) is 18.6 Å². The van der Waals surface area contributed by atoms with Gasteiger partial charge in [0.2, 0.25) is 5.91 Å². The van der Waals surface area contributed by atoms with Crippen LogP contribution in [0.15, 0.2) is 28.2 Å². The Hall–Kier alpha value is -1.53. The predicted molar refractivity (Wildman–Crippen MR) is 95.3 cm³/mol. The lowest BCUT2D eigenvalue weighted by molar-refractivity contribution is -0.118. The molecule has 0 unspecified atom stereocenters. The van der Waals surface area contributed by atoms with Crippen molar-refractivity contribution in [2.24, 2.45) is 5.92 Å². The summed E-state index contributed by atoms with van der Waals surface area (Å²) >= 11 is 7.26. The third-order valence-corrected chi connectivity index (χ3v) is 4.64. The van der Waals surface area contributed by atoms with Crippen LogP contribution in [0.1, 0.15) is 20.3 Å². The van der Waals surface area contributed by atoms with Gasteiger partial charge in [-0.25, -0.2) is 4.98 Å². The number of nitrogens with zero attached hydrogens (tertiary/aromatic N) is 2. The Bertz CT molecular complexity index is 774. The number of nitrogens with one attached hydrogen (secondary N) is 1. The average molecular weight is 354 g/mol. The van der Waals surface area contributed by atoms with E-state index in [0.29, 0.717) is 33.5 Å². The Balaban J connectivity index is 2.48. The van der Waals surface area contributed by atoms with Gasteiger partial charge in [-0.1, -0.05) is 37.2 Å². The van der Waals surface area contributed by atoms with Crippen LogP contribution in [0.4, 0.5) is 0 Å². The highest BCUT2D eigenvalue weighted by atomic mass is 35.5.